The fourth-order valence-corrected chi connectivity index (χ4v) is 3.20. The Labute approximate surface area is 168 Å². The standard InChI is InChI=1S/C23H24N2O4/c1-15(2)12-19(16-8-4-3-5-9-16)24-21(26)14-29-23(28)20-13-17-10-6-7-11-18(17)22(27)25-20/h3-11,13,15,19H,12,14H2,1-2H3,(H,24,26)(H,25,27)/t19-/m1/s1. The summed E-state index contributed by atoms with van der Waals surface area (Å²) < 4.78 is 5.11. The van der Waals surface area contributed by atoms with Crippen molar-refractivity contribution >= 4 is 22.6 Å². The summed E-state index contributed by atoms with van der Waals surface area (Å²) >= 11 is 0. The summed E-state index contributed by atoms with van der Waals surface area (Å²) in [5.41, 5.74) is 0.642. The number of hydrogen-bond donors (Lipinski definition) is 2. The highest BCUT2D eigenvalue weighted by atomic mass is 16.5. The van der Waals surface area contributed by atoms with Crippen LogP contribution in [-0.4, -0.2) is 23.5 Å². The van der Waals surface area contributed by atoms with E-state index >= 15 is 0 Å². The van der Waals surface area contributed by atoms with Crippen LogP contribution >= 0.6 is 0 Å². The molecule has 2 aromatic carbocycles. The number of aromatic nitrogens is 1. The van der Waals surface area contributed by atoms with E-state index in [2.05, 4.69) is 24.1 Å². The van der Waals surface area contributed by atoms with E-state index in [1.807, 2.05) is 30.3 Å². The fourth-order valence-electron chi connectivity index (χ4n) is 3.20. The zero-order chi connectivity index (χ0) is 20.8. The number of esters is 1. The number of carbonyl (C=O) groups is 2. The molecule has 1 atom stereocenters. The second-order valence-electron chi connectivity index (χ2n) is 7.34. The van der Waals surface area contributed by atoms with Gasteiger partial charge in [0.2, 0.25) is 0 Å². The Kier molecular flexibility index (Phi) is 6.44. The molecule has 0 aliphatic carbocycles. The molecule has 0 bridgehead atoms. The SMILES string of the molecule is CC(C)C[C@@H](NC(=O)COC(=O)c1cc2ccccc2c(=O)[nH]1)c1ccccc1. The minimum absolute atomic E-state index is 0.0169. The van der Waals surface area contributed by atoms with Crippen LogP contribution in [0, 0.1) is 5.92 Å². The van der Waals surface area contributed by atoms with Gasteiger partial charge in [0, 0.05) is 5.39 Å². The highest BCUT2D eigenvalue weighted by molar-refractivity contribution is 5.94. The smallest absolute Gasteiger partial charge is 0.355 e. The predicted molar refractivity (Wildman–Crippen MR) is 112 cm³/mol. The molecule has 1 amide bonds. The lowest BCUT2D eigenvalue weighted by molar-refractivity contribution is -0.125. The second kappa shape index (κ2) is 9.19. The van der Waals surface area contributed by atoms with Gasteiger partial charge in [-0.2, -0.15) is 0 Å². The van der Waals surface area contributed by atoms with Gasteiger partial charge >= 0.3 is 5.97 Å². The molecule has 0 aliphatic heterocycles. The summed E-state index contributed by atoms with van der Waals surface area (Å²) in [4.78, 5) is 39.3. The number of pyridine rings is 1. The molecule has 0 saturated heterocycles. The molecular formula is C23H24N2O4. The third-order valence-electron chi connectivity index (χ3n) is 4.55. The van der Waals surface area contributed by atoms with Crippen LogP contribution in [0.2, 0.25) is 0 Å². The minimum atomic E-state index is -0.747. The van der Waals surface area contributed by atoms with Gasteiger partial charge in [0.25, 0.3) is 11.5 Å². The minimum Gasteiger partial charge on any atom is -0.451 e. The van der Waals surface area contributed by atoms with Crippen molar-refractivity contribution in [1.82, 2.24) is 10.3 Å². The maximum Gasteiger partial charge on any atom is 0.355 e. The number of benzene rings is 2. The van der Waals surface area contributed by atoms with Crippen molar-refractivity contribution in [3.05, 3.63) is 82.3 Å². The maximum atomic E-state index is 12.4. The first-order valence-electron chi connectivity index (χ1n) is 9.57. The number of carbonyl (C=O) groups excluding carboxylic acids is 2. The Morgan fingerprint density at radius 3 is 2.45 bits per heavy atom. The Morgan fingerprint density at radius 2 is 1.72 bits per heavy atom. The lowest BCUT2D eigenvalue weighted by Crippen LogP contribution is -2.33. The molecule has 0 aliphatic rings. The van der Waals surface area contributed by atoms with Gasteiger partial charge in [-0.3, -0.25) is 9.59 Å². The van der Waals surface area contributed by atoms with Gasteiger partial charge in [0.15, 0.2) is 6.61 Å². The van der Waals surface area contributed by atoms with Crippen molar-refractivity contribution in [3.8, 4) is 0 Å². The average Bonchev–Trinajstić information content (AvgIpc) is 2.72. The van der Waals surface area contributed by atoms with E-state index in [4.69, 9.17) is 4.74 Å². The van der Waals surface area contributed by atoms with Crippen molar-refractivity contribution in [1.29, 1.82) is 0 Å². The summed E-state index contributed by atoms with van der Waals surface area (Å²) in [5.74, 6) is -0.759. The molecule has 3 rings (SSSR count). The molecule has 6 heteroatoms. The van der Waals surface area contributed by atoms with Crippen LogP contribution in [0.25, 0.3) is 10.8 Å². The molecule has 1 heterocycles. The van der Waals surface area contributed by atoms with E-state index in [0.717, 1.165) is 12.0 Å². The number of aromatic amines is 1. The third kappa shape index (κ3) is 5.31. The van der Waals surface area contributed by atoms with Crippen LogP contribution in [0.1, 0.15) is 42.4 Å². The first-order chi connectivity index (χ1) is 13.9. The van der Waals surface area contributed by atoms with E-state index in [0.29, 0.717) is 16.7 Å². The summed E-state index contributed by atoms with van der Waals surface area (Å²) in [6.45, 7) is 3.74. The highest BCUT2D eigenvalue weighted by Gasteiger charge is 2.18. The molecule has 29 heavy (non-hydrogen) atoms. The monoisotopic (exact) mass is 392 g/mol. The van der Waals surface area contributed by atoms with Crippen LogP contribution in [-0.2, 0) is 9.53 Å². The number of nitrogens with one attached hydrogen (secondary N) is 2. The van der Waals surface area contributed by atoms with E-state index < -0.39 is 18.5 Å². The molecule has 0 unspecified atom stereocenters. The number of fused-ring (bicyclic) bond motifs is 1. The second-order valence-corrected chi connectivity index (χ2v) is 7.34. The highest BCUT2D eigenvalue weighted by Crippen LogP contribution is 2.21. The first kappa shape index (κ1) is 20.3. The van der Waals surface area contributed by atoms with Crippen molar-refractivity contribution in [3.63, 3.8) is 0 Å². The van der Waals surface area contributed by atoms with Crippen molar-refractivity contribution in [2.75, 3.05) is 6.61 Å². The topological polar surface area (TPSA) is 88.3 Å². The van der Waals surface area contributed by atoms with Crippen LogP contribution in [0.4, 0.5) is 0 Å². The summed E-state index contributed by atoms with van der Waals surface area (Å²) in [6.07, 6.45) is 0.766. The van der Waals surface area contributed by atoms with Gasteiger partial charge in [-0.25, -0.2) is 4.79 Å². The number of ether oxygens (including phenoxy) is 1. The van der Waals surface area contributed by atoms with Gasteiger partial charge in [-0.15, -0.1) is 0 Å². The Bertz CT molecular complexity index is 1060. The normalized spacial score (nSPS) is 12.0. The molecule has 1 aromatic heterocycles. The van der Waals surface area contributed by atoms with E-state index in [1.165, 1.54) is 0 Å². The summed E-state index contributed by atoms with van der Waals surface area (Å²) in [7, 11) is 0. The third-order valence-corrected chi connectivity index (χ3v) is 4.55. The predicted octanol–water partition coefficient (Wildman–Crippen LogP) is 3.59. The zero-order valence-electron chi connectivity index (χ0n) is 16.5. The van der Waals surface area contributed by atoms with Crippen LogP contribution in [0.15, 0.2) is 65.5 Å². The van der Waals surface area contributed by atoms with Gasteiger partial charge in [0.05, 0.1) is 6.04 Å². The zero-order valence-corrected chi connectivity index (χ0v) is 16.5. The van der Waals surface area contributed by atoms with Gasteiger partial charge in [-0.05, 0) is 35.4 Å². The number of rotatable bonds is 7. The molecule has 0 saturated carbocycles. The molecule has 0 radical (unpaired) electrons. The van der Waals surface area contributed by atoms with Gasteiger partial charge < -0.3 is 15.0 Å². The molecule has 0 fully saturated rings. The van der Waals surface area contributed by atoms with Crippen LogP contribution in [0.3, 0.4) is 0 Å². The molecule has 150 valence electrons. The van der Waals surface area contributed by atoms with E-state index in [9.17, 15) is 14.4 Å². The Morgan fingerprint density at radius 1 is 1.03 bits per heavy atom. The van der Waals surface area contributed by atoms with Gasteiger partial charge in [-0.1, -0.05) is 62.4 Å². The van der Waals surface area contributed by atoms with Gasteiger partial charge in [0.1, 0.15) is 5.69 Å². The molecule has 3 aromatic rings. The fraction of sp³-hybridized carbons (Fsp3) is 0.261. The molecule has 2 N–H and O–H groups in total. The van der Waals surface area contributed by atoms with Crippen molar-refractivity contribution in [2.24, 2.45) is 5.92 Å². The van der Waals surface area contributed by atoms with Crippen LogP contribution < -0.4 is 10.9 Å². The lowest BCUT2D eigenvalue weighted by atomic mass is 9.97. The molecule has 0 spiro atoms. The number of hydrogen-bond acceptors (Lipinski definition) is 4. The summed E-state index contributed by atoms with van der Waals surface area (Å²) in [6, 6.07) is 18.0. The quantitative estimate of drug-likeness (QED) is 0.602. The Balaban J connectivity index is 1.65. The van der Waals surface area contributed by atoms with Crippen molar-refractivity contribution in [2.45, 2.75) is 26.3 Å². The van der Waals surface area contributed by atoms with Crippen LogP contribution in [0.5, 0.6) is 0 Å². The first-order valence-corrected chi connectivity index (χ1v) is 9.57. The summed E-state index contributed by atoms with van der Waals surface area (Å²) in [5, 5.41) is 4.04. The van der Waals surface area contributed by atoms with E-state index in [1.54, 1.807) is 30.3 Å². The Hall–Kier alpha value is -3.41. The van der Waals surface area contributed by atoms with E-state index in [-0.39, 0.29) is 17.3 Å². The van der Waals surface area contributed by atoms with Crippen molar-refractivity contribution < 1.29 is 14.3 Å². The molecular weight excluding hydrogens is 368 g/mol. The molecule has 6 nitrogen and oxygen atoms in total. The largest absolute Gasteiger partial charge is 0.451 e. The number of amides is 1. The number of H-pyrrole nitrogens is 1. The maximum absolute atomic E-state index is 12.4. The lowest BCUT2D eigenvalue weighted by Gasteiger charge is -2.21. The average molecular weight is 392 g/mol.